The zero-order valence-corrected chi connectivity index (χ0v) is 20.5. The fourth-order valence-electron chi connectivity index (χ4n) is 3.62. The molecule has 1 unspecified atom stereocenters. The maximum absolute atomic E-state index is 13.4. The number of thiophene rings is 1. The molecule has 1 amide bonds. The van der Waals surface area contributed by atoms with Gasteiger partial charge in [0.2, 0.25) is 5.91 Å². The highest BCUT2D eigenvalue weighted by Crippen LogP contribution is 2.39. The predicted octanol–water partition coefficient (Wildman–Crippen LogP) is 5.68. The lowest BCUT2D eigenvalue weighted by atomic mass is 9.85. The molecule has 0 saturated heterocycles. The van der Waals surface area contributed by atoms with Gasteiger partial charge in [-0.3, -0.25) is 4.79 Å². The Kier molecular flexibility index (Phi) is 7.22. The van der Waals surface area contributed by atoms with Crippen LogP contribution >= 0.6 is 11.3 Å². The molecule has 1 aromatic heterocycles. The molecular weight excluding hydrogens is 464 g/mol. The first-order valence-electron chi connectivity index (χ1n) is 11.0. The maximum atomic E-state index is 13.4. The van der Waals surface area contributed by atoms with Gasteiger partial charge in [-0.1, -0.05) is 36.4 Å². The summed E-state index contributed by atoms with van der Waals surface area (Å²) in [5, 5.41) is 3.78. The van der Waals surface area contributed by atoms with E-state index in [-0.39, 0.29) is 6.42 Å². The number of anilines is 2. The third-order valence-electron chi connectivity index (χ3n) is 5.62. The number of carbonyl (C=O) groups excluding carboxylic acids is 2. The van der Waals surface area contributed by atoms with E-state index in [0.29, 0.717) is 22.9 Å². The third kappa shape index (κ3) is 5.38. The van der Waals surface area contributed by atoms with Gasteiger partial charge in [0, 0.05) is 27.8 Å². The van der Waals surface area contributed by atoms with E-state index in [9.17, 15) is 9.59 Å². The molecule has 1 atom stereocenters. The quantitative estimate of drug-likeness (QED) is 0.232. The van der Waals surface area contributed by atoms with Gasteiger partial charge >= 0.3 is 5.97 Å². The molecule has 4 aromatic rings. The number of methoxy groups -OCH3 is 2. The molecule has 180 valence electrons. The van der Waals surface area contributed by atoms with Gasteiger partial charge < -0.3 is 19.6 Å². The number of carbonyl (C=O) groups is 2. The second-order valence-electron chi connectivity index (χ2n) is 8.14. The van der Waals surface area contributed by atoms with E-state index in [2.05, 4.69) is 10.8 Å². The van der Waals surface area contributed by atoms with Crippen molar-refractivity contribution < 1.29 is 23.9 Å². The molecule has 0 aliphatic carbocycles. The minimum Gasteiger partial charge on any atom is -0.493 e. The van der Waals surface area contributed by atoms with Crippen molar-refractivity contribution in [3.8, 4) is 11.5 Å². The van der Waals surface area contributed by atoms with Gasteiger partial charge in [-0.2, -0.15) is 0 Å². The van der Waals surface area contributed by atoms with Gasteiger partial charge in [-0.05, 0) is 48.7 Å². The number of fused-ring (bicyclic) bond motifs is 1. The van der Waals surface area contributed by atoms with Crippen LogP contribution in [0.4, 0.5) is 11.4 Å². The number of benzene rings is 3. The lowest BCUT2D eigenvalue weighted by Gasteiger charge is -2.25. The Bertz CT molecular complexity index is 1280. The summed E-state index contributed by atoms with van der Waals surface area (Å²) in [7, 11) is 3.16. The highest BCUT2D eigenvalue weighted by molar-refractivity contribution is 7.19. The SMILES string of the molecule is COc1cc2cc(CC(C)(C(=O)Nc3ccccc3)C(=O)ONc3ccccc3)sc2cc1OC. The average molecular weight is 491 g/mol. The first-order chi connectivity index (χ1) is 16.9. The Morgan fingerprint density at radius 2 is 1.46 bits per heavy atom. The van der Waals surface area contributed by atoms with E-state index in [1.807, 2.05) is 54.6 Å². The zero-order chi connectivity index (χ0) is 24.8. The smallest absolute Gasteiger partial charge is 0.347 e. The highest BCUT2D eigenvalue weighted by Gasteiger charge is 2.44. The van der Waals surface area contributed by atoms with Crippen LogP contribution in [0, 0.1) is 5.41 Å². The van der Waals surface area contributed by atoms with Crippen LogP contribution < -0.4 is 20.3 Å². The van der Waals surface area contributed by atoms with Crippen molar-refractivity contribution in [1.82, 2.24) is 0 Å². The van der Waals surface area contributed by atoms with Crippen LogP contribution in [0.3, 0.4) is 0 Å². The number of nitrogens with one attached hydrogen (secondary N) is 2. The second kappa shape index (κ2) is 10.5. The van der Waals surface area contributed by atoms with Crippen LogP contribution in [-0.4, -0.2) is 26.1 Å². The van der Waals surface area contributed by atoms with Gasteiger partial charge in [0.1, 0.15) is 0 Å². The Labute approximate surface area is 207 Å². The van der Waals surface area contributed by atoms with E-state index < -0.39 is 17.3 Å². The number of rotatable bonds is 9. The van der Waals surface area contributed by atoms with Crippen molar-refractivity contribution in [3.63, 3.8) is 0 Å². The van der Waals surface area contributed by atoms with Crippen molar-refractivity contribution in [2.75, 3.05) is 25.0 Å². The monoisotopic (exact) mass is 490 g/mol. The summed E-state index contributed by atoms with van der Waals surface area (Å²) in [4.78, 5) is 33.0. The van der Waals surface area contributed by atoms with E-state index in [0.717, 1.165) is 15.0 Å². The van der Waals surface area contributed by atoms with Crippen molar-refractivity contribution in [1.29, 1.82) is 0 Å². The molecule has 3 aromatic carbocycles. The maximum Gasteiger partial charge on any atom is 0.347 e. The molecule has 35 heavy (non-hydrogen) atoms. The molecule has 0 radical (unpaired) electrons. The summed E-state index contributed by atoms with van der Waals surface area (Å²) < 4.78 is 11.8. The number of hydrogen-bond acceptors (Lipinski definition) is 7. The van der Waals surface area contributed by atoms with Crippen LogP contribution in [0.1, 0.15) is 11.8 Å². The highest BCUT2D eigenvalue weighted by atomic mass is 32.1. The summed E-state index contributed by atoms with van der Waals surface area (Å²) >= 11 is 1.48. The van der Waals surface area contributed by atoms with Crippen molar-refractivity contribution in [3.05, 3.63) is 83.7 Å². The van der Waals surface area contributed by atoms with E-state index >= 15 is 0 Å². The lowest BCUT2D eigenvalue weighted by molar-refractivity contribution is -0.155. The first-order valence-corrected chi connectivity index (χ1v) is 11.8. The van der Waals surface area contributed by atoms with Gasteiger partial charge in [0.15, 0.2) is 16.9 Å². The fraction of sp³-hybridized carbons (Fsp3) is 0.185. The van der Waals surface area contributed by atoms with Gasteiger partial charge in [0.25, 0.3) is 0 Å². The van der Waals surface area contributed by atoms with Gasteiger partial charge in [-0.25, -0.2) is 10.3 Å². The summed E-state index contributed by atoms with van der Waals surface area (Å²) in [5.41, 5.74) is 2.34. The fourth-order valence-corrected chi connectivity index (χ4v) is 4.85. The van der Waals surface area contributed by atoms with Crippen LogP contribution in [0.15, 0.2) is 78.9 Å². The molecule has 0 aliphatic rings. The minimum atomic E-state index is -1.51. The number of ether oxygens (including phenoxy) is 2. The Balaban J connectivity index is 1.63. The van der Waals surface area contributed by atoms with Crippen LogP contribution in [0.2, 0.25) is 0 Å². The van der Waals surface area contributed by atoms with Crippen molar-refractivity contribution in [2.45, 2.75) is 13.3 Å². The molecule has 0 fully saturated rings. The summed E-state index contributed by atoms with van der Waals surface area (Å²) in [6.07, 6.45) is 0.144. The van der Waals surface area contributed by atoms with Crippen LogP contribution in [-0.2, 0) is 20.8 Å². The Morgan fingerprint density at radius 1 is 0.857 bits per heavy atom. The number of para-hydroxylation sites is 2. The Morgan fingerprint density at radius 3 is 2.09 bits per heavy atom. The summed E-state index contributed by atoms with van der Waals surface area (Å²) in [5.74, 6) is 0.0726. The predicted molar refractivity (Wildman–Crippen MR) is 138 cm³/mol. The largest absolute Gasteiger partial charge is 0.493 e. The molecule has 0 aliphatic heterocycles. The van der Waals surface area contributed by atoms with Gasteiger partial charge in [-0.15, -0.1) is 11.3 Å². The molecule has 1 heterocycles. The standard InChI is InChI=1S/C27H26N2O5S/c1-27(25(30)28-19-10-6-4-7-11-19,26(31)34-29-20-12-8-5-9-13-20)17-21-14-18-15-22(32-2)23(33-3)16-24(18)35-21/h4-16,29H,17H2,1-3H3,(H,28,30). The average Bonchev–Trinajstić information content (AvgIpc) is 3.28. The Hall–Kier alpha value is -4.04. The molecule has 0 bridgehead atoms. The topological polar surface area (TPSA) is 85.9 Å². The minimum absolute atomic E-state index is 0.144. The number of amides is 1. The van der Waals surface area contributed by atoms with Crippen molar-refractivity contribution in [2.24, 2.45) is 5.41 Å². The van der Waals surface area contributed by atoms with Crippen LogP contribution in [0.5, 0.6) is 11.5 Å². The van der Waals surface area contributed by atoms with Gasteiger partial charge in [0.05, 0.1) is 19.9 Å². The summed E-state index contributed by atoms with van der Waals surface area (Å²) in [6, 6.07) is 23.8. The lowest BCUT2D eigenvalue weighted by Crippen LogP contribution is -2.44. The molecule has 0 saturated carbocycles. The summed E-state index contributed by atoms with van der Waals surface area (Å²) in [6.45, 7) is 1.59. The second-order valence-corrected chi connectivity index (χ2v) is 9.31. The number of hydrogen-bond donors (Lipinski definition) is 2. The molecular formula is C27H26N2O5S. The molecule has 8 heteroatoms. The normalized spacial score (nSPS) is 12.4. The molecule has 0 spiro atoms. The van der Waals surface area contributed by atoms with E-state index in [4.69, 9.17) is 14.3 Å². The molecule has 7 nitrogen and oxygen atoms in total. The zero-order valence-electron chi connectivity index (χ0n) is 19.7. The molecule has 4 rings (SSSR count). The van der Waals surface area contributed by atoms with E-state index in [1.165, 1.54) is 11.3 Å². The van der Waals surface area contributed by atoms with Crippen LogP contribution in [0.25, 0.3) is 10.1 Å². The van der Waals surface area contributed by atoms with E-state index in [1.54, 1.807) is 45.4 Å². The van der Waals surface area contributed by atoms with Crippen molar-refractivity contribution >= 4 is 44.7 Å². The third-order valence-corrected chi connectivity index (χ3v) is 6.72. The first kappa shape index (κ1) is 24.1. The molecule has 2 N–H and O–H groups in total.